The first-order valence-corrected chi connectivity index (χ1v) is 8.36. The number of imidazole rings is 1. The van der Waals surface area contributed by atoms with Gasteiger partial charge < -0.3 is 15.9 Å². The first kappa shape index (κ1) is 18.7. The van der Waals surface area contributed by atoms with E-state index in [1.54, 1.807) is 0 Å². The molecule has 28 heavy (non-hydrogen) atoms. The molecule has 0 saturated carbocycles. The average molecular weight is 395 g/mol. The molecule has 0 aliphatic rings. The highest BCUT2D eigenvalue weighted by molar-refractivity contribution is 5.72. The molecule has 9 heteroatoms. The maximum absolute atomic E-state index is 13.3. The van der Waals surface area contributed by atoms with Crippen LogP contribution >= 0.6 is 0 Å². The van der Waals surface area contributed by atoms with Gasteiger partial charge in [0, 0.05) is 13.1 Å². The quantitative estimate of drug-likeness (QED) is 0.632. The second-order valence-electron chi connectivity index (χ2n) is 7.35. The predicted molar refractivity (Wildman–Crippen MR) is 98.4 cm³/mol. The summed E-state index contributed by atoms with van der Waals surface area (Å²) in [7, 11) is 0. The Kier molecular flexibility index (Phi) is 4.13. The smallest absolute Gasteiger partial charge is 0.384 e. The van der Waals surface area contributed by atoms with Crippen LogP contribution in [0.5, 0.6) is 0 Å². The number of nitrogens with zero attached hydrogens (tertiary/aromatic N) is 3. The molecular formula is C19H21F3N4O2. The number of alkyl halides is 3. The molecule has 0 amide bonds. The van der Waals surface area contributed by atoms with Gasteiger partial charge in [0.1, 0.15) is 5.60 Å². The number of aliphatic hydroxyl groups is 2. The number of hydrogen-bond donors (Lipinski definition) is 3. The molecule has 1 unspecified atom stereocenters. The van der Waals surface area contributed by atoms with Gasteiger partial charge in [-0.05, 0) is 44.9 Å². The molecule has 3 rings (SSSR count). The Morgan fingerprint density at radius 1 is 1.18 bits per heavy atom. The number of nitrogen functional groups attached to an aromatic ring is 1. The fourth-order valence-electron chi connectivity index (χ4n) is 2.79. The minimum Gasteiger partial charge on any atom is -0.384 e. The van der Waals surface area contributed by atoms with Gasteiger partial charge >= 0.3 is 6.18 Å². The SMILES string of the molecule is [2H]Cc1ccc(C(C)(O)C(F)(F)F)cc1-c1cnc2c(N)nc(C(C)(C)O)cn12. The molecule has 0 aliphatic heterocycles. The Balaban J connectivity index is 2.29. The second kappa shape index (κ2) is 6.18. The monoisotopic (exact) mass is 395 g/mol. The third-order valence-electron chi connectivity index (χ3n) is 4.64. The first-order valence-electron chi connectivity index (χ1n) is 9.06. The van der Waals surface area contributed by atoms with Crippen molar-refractivity contribution in [2.75, 3.05) is 5.73 Å². The van der Waals surface area contributed by atoms with E-state index in [9.17, 15) is 23.4 Å². The number of hydrogen-bond acceptors (Lipinski definition) is 5. The second-order valence-corrected chi connectivity index (χ2v) is 7.35. The Labute approximate surface area is 160 Å². The Morgan fingerprint density at radius 2 is 1.86 bits per heavy atom. The van der Waals surface area contributed by atoms with E-state index in [1.807, 2.05) is 0 Å². The van der Waals surface area contributed by atoms with Crippen molar-refractivity contribution in [3.8, 4) is 11.3 Å². The highest BCUT2D eigenvalue weighted by Gasteiger charge is 2.51. The van der Waals surface area contributed by atoms with E-state index in [0.29, 0.717) is 23.7 Å². The lowest BCUT2D eigenvalue weighted by Crippen LogP contribution is -2.39. The fraction of sp³-hybridized carbons (Fsp3) is 0.368. The van der Waals surface area contributed by atoms with Gasteiger partial charge in [0.2, 0.25) is 0 Å². The summed E-state index contributed by atoms with van der Waals surface area (Å²) in [4.78, 5) is 8.31. The number of fused-ring (bicyclic) bond motifs is 1. The van der Waals surface area contributed by atoms with E-state index in [0.717, 1.165) is 6.07 Å². The van der Waals surface area contributed by atoms with Crippen LogP contribution < -0.4 is 5.73 Å². The molecule has 0 aliphatic carbocycles. The zero-order chi connectivity index (χ0) is 21.8. The molecule has 1 aromatic carbocycles. The summed E-state index contributed by atoms with van der Waals surface area (Å²) >= 11 is 0. The summed E-state index contributed by atoms with van der Waals surface area (Å²) < 4.78 is 49.2. The molecule has 1 atom stereocenters. The molecule has 0 radical (unpaired) electrons. The summed E-state index contributed by atoms with van der Waals surface area (Å²) in [6.45, 7) is 3.52. The first-order chi connectivity index (χ1) is 13.3. The maximum Gasteiger partial charge on any atom is 0.421 e. The van der Waals surface area contributed by atoms with Gasteiger partial charge in [-0.3, -0.25) is 4.40 Å². The molecule has 3 aromatic rings. The summed E-state index contributed by atoms with van der Waals surface area (Å²) in [6, 6.07) is 3.72. The molecule has 4 N–H and O–H groups in total. The van der Waals surface area contributed by atoms with Gasteiger partial charge in [-0.15, -0.1) is 0 Å². The van der Waals surface area contributed by atoms with Gasteiger partial charge in [-0.1, -0.05) is 12.1 Å². The average Bonchev–Trinajstić information content (AvgIpc) is 3.03. The third-order valence-corrected chi connectivity index (χ3v) is 4.64. The maximum atomic E-state index is 13.3. The van der Waals surface area contributed by atoms with Gasteiger partial charge in [0.05, 0.1) is 17.6 Å². The van der Waals surface area contributed by atoms with Crippen LogP contribution in [0.4, 0.5) is 19.0 Å². The fourth-order valence-corrected chi connectivity index (χ4v) is 2.79. The number of halogens is 3. The number of benzene rings is 1. The predicted octanol–water partition coefficient (Wildman–Crippen LogP) is 3.28. The van der Waals surface area contributed by atoms with Gasteiger partial charge in [0.25, 0.3) is 0 Å². The molecule has 0 saturated heterocycles. The van der Waals surface area contributed by atoms with Crippen molar-refractivity contribution in [2.45, 2.75) is 45.0 Å². The highest BCUT2D eigenvalue weighted by Crippen LogP contribution is 2.40. The zero-order valence-electron chi connectivity index (χ0n) is 16.5. The van der Waals surface area contributed by atoms with Crippen LogP contribution in [0.25, 0.3) is 16.9 Å². The molecule has 150 valence electrons. The van der Waals surface area contributed by atoms with Crippen LogP contribution in [-0.4, -0.2) is 30.8 Å². The standard InChI is InChI=1S/C19H21F3N4O2/c1-10-5-6-11(18(4,28)19(20,21)22)7-12(10)13-8-24-16-15(23)25-14(9-26(13)16)17(2,3)27/h5-9,27-28H,1-4H3,(H2,23,25)/i1D. The van der Waals surface area contributed by atoms with E-state index in [-0.39, 0.29) is 29.6 Å². The number of anilines is 1. The lowest BCUT2D eigenvalue weighted by molar-refractivity contribution is -0.258. The Hall–Kier alpha value is -2.65. The summed E-state index contributed by atoms with van der Waals surface area (Å²) in [5, 5.41) is 20.3. The topological polar surface area (TPSA) is 96.7 Å². The lowest BCUT2D eigenvalue weighted by Gasteiger charge is -2.27. The van der Waals surface area contributed by atoms with Crippen LogP contribution in [0.3, 0.4) is 0 Å². The third kappa shape index (κ3) is 3.20. The van der Waals surface area contributed by atoms with Crippen molar-refractivity contribution in [1.82, 2.24) is 14.4 Å². The Bertz CT molecular complexity index is 1070. The molecular weight excluding hydrogens is 373 g/mol. The van der Waals surface area contributed by atoms with Gasteiger partial charge in [-0.2, -0.15) is 13.2 Å². The summed E-state index contributed by atoms with van der Waals surface area (Å²) in [6.07, 6.45) is -1.98. The number of nitrogens with two attached hydrogens (primary N) is 1. The summed E-state index contributed by atoms with van der Waals surface area (Å²) in [5.41, 5.74) is 2.79. The van der Waals surface area contributed by atoms with E-state index < -0.39 is 17.4 Å². The van der Waals surface area contributed by atoms with E-state index in [1.165, 1.54) is 42.8 Å². The molecule has 6 nitrogen and oxygen atoms in total. The normalized spacial score (nSPS) is 15.5. The number of aromatic nitrogens is 3. The largest absolute Gasteiger partial charge is 0.421 e. The molecule has 0 bridgehead atoms. The Morgan fingerprint density at radius 3 is 2.43 bits per heavy atom. The van der Waals surface area contributed by atoms with E-state index in [2.05, 4.69) is 9.97 Å². The highest BCUT2D eigenvalue weighted by atomic mass is 19.4. The van der Waals surface area contributed by atoms with E-state index in [4.69, 9.17) is 7.10 Å². The van der Waals surface area contributed by atoms with Crippen molar-refractivity contribution in [3.63, 3.8) is 0 Å². The minimum absolute atomic E-state index is 0.0433. The van der Waals surface area contributed by atoms with Crippen LogP contribution in [-0.2, 0) is 11.2 Å². The molecule has 2 heterocycles. The molecule has 2 aromatic heterocycles. The van der Waals surface area contributed by atoms with Crippen molar-refractivity contribution >= 4 is 11.5 Å². The van der Waals surface area contributed by atoms with Gasteiger partial charge in [0.15, 0.2) is 17.1 Å². The van der Waals surface area contributed by atoms with Crippen LogP contribution in [0.15, 0.2) is 30.6 Å². The minimum atomic E-state index is -4.88. The van der Waals surface area contributed by atoms with Gasteiger partial charge in [-0.25, -0.2) is 9.97 Å². The number of rotatable bonds is 3. The van der Waals surface area contributed by atoms with Crippen molar-refractivity contribution in [2.24, 2.45) is 0 Å². The van der Waals surface area contributed by atoms with E-state index >= 15 is 0 Å². The van der Waals surface area contributed by atoms with Crippen LogP contribution in [0, 0.1) is 6.90 Å². The van der Waals surface area contributed by atoms with Crippen LogP contribution in [0.1, 0.15) is 39.0 Å². The van der Waals surface area contributed by atoms with Crippen molar-refractivity contribution in [1.29, 1.82) is 0 Å². The van der Waals surface area contributed by atoms with Crippen molar-refractivity contribution < 1.29 is 24.8 Å². The van der Waals surface area contributed by atoms with Crippen LogP contribution in [0.2, 0.25) is 0 Å². The van der Waals surface area contributed by atoms with Crippen molar-refractivity contribution in [3.05, 3.63) is 47.4 Å². The molecule has 0 spiro atoms. The summed E-state index contributed by atoms with van der Waals surface area (Å²) in [5.74, 6) is 0.0433. The molecule has 0 fully saturated rings. The zero-order valence-corrected chi connectivity index (χ0v) is 15.5. The lowest BCUT2D eigenvalue weighted by atomic mass is 9.91. The number of aryl methyl sites for hydroxylation is 1.